The highest BCUT2D eigenvalue weighted by atomic mass is 35.5. The third kappa shape index (κ3) is 8.97. The van der Waals surface area contributed by atoms with Crippen LogP contribution >= 0.6 is 11.6 Å². The van der Waals surface area contributed by atoms with Gasteiger partial charge in [0.25, 0.3) is 0 Å². The Labute approximate surface area is 245 Å². The van der Waals surface area contributed by atoms with Gasteiger partial charge in [-0.05, 0) is 57.9 Å². The van der Waals surface area contributed by atoms with Crippen LogP contribution in [-0.2, 0) is 20.8 Å². The smallest absolute Gasteiger partial charge is 0.247 e. The summed E-state index contributed by atoms with van der Waals surface area (Å²) in [5.41, 5.74) is 0.789. The molecule has 11 heteroatoms. The zero-order chi connectivity index (χ0) is 30.2. The number of hydrogen-bond acceptors (Lipinski definition) is 7. The van der Waals surface area contributed by atoms with Gasteiger partial charge < -0.3 is 29.5 Å². The molecule has 10 nitrogen and oxygen atoms in total. The molecule has 0 bridgehead atoms. The first-order valence-electron chi connectivity index (χ1n) is 13.2. The van der Waals surface area contributed by atoms with Gasteiger partial charge in [-0.2, -0.15) is 0 Å². The number of carbonyl (C=O) groups is 3. The summed E-state index contributed by atoms with van der Waals surface area (Å²) >= 11 is 6.56. The van der Waals surface area contributed by atoms with Gasteiger partial charge in [-0.25, -0.2) is 0 Å². The molecule has 0 aliphatic carbocycles. The fraction of sp³-hybridized carbons (Fsp3) is 0.400. The second-order valence-corrected chi connectivity index (χ2v) is 11.0. The topological polar surface area (TPSA) is 123 Å². The highest BCUT2D eigenvalue weighted by Gasteiger charge is 2.34. The first-order chi connectivity index (χ1) is 19.4. The number of nitrogens with zero attached hydrogens (tertiary/aromatic N) is 2. The van der Waals surface area contributed by atoms with E-state index < -0.39 is 17.5 Å². The Kier molecular flexibility index (Phi) is 10.8. The van der Waals surface area contributed by atoms with Gasteiger partial charge in [0.15, 0.2) is 17.3 Å². The summed E-state index contributed by atoms with van der Waals surface area (Å²) < 4.78 is 15.7. The molecule has 0 unspecified atom stereocenters. The molecular weight excluding hydrogens is 548 g/mol. The molecule has 220 valence electrons. The van der Waals surface area contributed by atoms with Gasteiger partial charge in [-0.15, -0.1) is 0 Å². The lowest BCUT2D eigenvalue weighted by atomic mass is 10.00. The van der Waals surface area contributed by atoms with Gasteiger partial charge in [0, 0.05) is 41.6 Å². The molecule has 1 heterocycles. The number of anilines is 1. The van der Waals surface area contributed by atoms with Crippen LogP contribution in [0.1, 0.15) is 56.5 Å². The van der Waals surface area contributed by atoms with E-state index in [0.29, 0.717) is 34.3 Å². The van der Waals surface area contributed by atoms with E-state index in [-0.39, 0.29) is 37.0 Å². The second kappa shape index (κ2) is 14.0. The minimum atomic E-state index is -1.03. The van der Waals surface area contributed by atoms with E-state index in [0.717, 1.165) is 5.56 Å². The van der Waals surface area contributed by atoms with Gasteiger partial charge in [0.2, 0.25) is 17.7 Å². The molecule has 0 spiro atoms. The molecular formula is C30H37ClN4O6. The van der Waals surface area contributed by atoms with E-state index in [1.165, 1.54) is 4.90 Å². The average molecular weight is 585 g/mol. The van der Waals surface area contributed by atoms with E-state index in [1.54, 1.807) is 57.5 Å². The molecule has 0 aliphatic rings. The monoisotopic (exact) mass is 584 g/mol. The number of halogens is 1. The molecule has 0 saturated carbocycles. The van der Waals surface area contributed by atoms with Crippen LogP contribution in [0, 0.1) is 6.92 Å². The van der Waals surface area contributed by atoms with Crippen molar-refractivity contribution in [1.82, 2.24) is 15.4 Å². The predicted molar refractivity (Wildman–Crippen MR) is 156 cm³/mol. The van der Waals surface area contributed by atoms with Crippen molar-refractivity contribution in [2.24, 2.45) is 0 Å². The van der Waals surface area contributed by atoms with E-state index in [4.69, 9.17) is 25.6 Å². The second-order valence-electron chi connectivity index (χ2n) is 10.6. The first kappa shape index (κ1) is 31.5. The van der Waals surface area contributed by atoms with Crippen molar-refractivity contribution in [2.45, 2.75) is 58.5 Å². The number of ether oxygens (including phenoxy) is 2. The number of carbonyl (C=O) groups excluding carboxylic acids is 3. The molecule has 0 aliphatic heterocycles. The summed E-state index contributed by atoms with van der Waals surface area (Å²) in [6, 6.07) is 13.0. The van der Waals surface area contributed by atoms with Crippen molar-refractivity contribution in [3.05, 3.63) is 70.4 Å². The summed E-state index contributed by atoms with van der Waals surface area (Å²) in [7, 11) is 3.10. The van der Waals surface area contributed by atoms with E-state index in [9.17, 15) is 14.4 Å². The van der Waals surface area contributed by atoms with Gasteiger partial charge in [-0.3, -0.25) is 14.4 Å². The third-order valence-electron chi connectivity index (χ3n) is 6.13. The zero-order valence-electron chi connectivity index (χ0n) is 24.2. The molecule has 2 N–H and O–H groups in total. The van der Waals surface area contributed by atoms with Crippen LogP contribution in [0.4, 0.5) is 5.82 Å². The summed E-state index contributed by atoms with van der Waals surface area (Å²) in [4.78, 5) is 41.6. The maximum absolute atomic E-state index is 13.8. The number of benzene rings is 2. The summed E-state index contributed by atoms with van der Waals surface area (Å²) in [5, 5.41) is 9.71. The van der Waals surface area contributed by atoms with Crippen LogP contribution in [0.2, 0.25) is 5.02 Å². The number of aryl methyl sites for hydroxylation is 1. The number of methoxy groups -OCH3 is 2. The number of rotatable bonds is 12. The Morgan fingerprint density at radius 2 is 1.73 bits per heavy atom. The Hall–Kier alpha value is -4.05. The van der Waals surface area contributed by atoms with Crippen molar-refractivity contribution in [1.29, 1.82) is 0 Å². The maximum atomic E-state index is 13.8. The third-order valence-corrected chi connectivity index (χ3v) is 6.47. The minimum absolute atomic E-state index is 0.117. The largest absolute Gasteiger partial charge is 0.493 e. The predicted octanol–water partition coefficient (Wildman–Crippen LogP) is 5.10. The van der Waals surface area contributed by atoms with E-state index in [2.05, 4.69) is 15.8 Å². The van der Waals surface area contributed by atoms with Crippen molar-refractivity contribution in [3.8, 4) is 11.5 Å². The van der Waals surface area contributed by atoms with E-state index >= 15 is 0 Å². The molecule has 0 fully saturated rings. The molecule has 41 heavy (non-hydrogen) atoms. The standard InChI is InChI=1S/C30H37ClN4O6/c1-19-17-25(34-41-19)32-26(36)13-14-27(37)35(16-15-20-11-12-23(39-5)24(18-20)40-6)28(29(38)33-30(2,3)4)21-9-7-8-10-22(21)31/h7-12,17-18,28H,13-16H2,1-6H3,(H,33,38)(H,32,34,36)/t28-/m1/s1. The van der Waals surface area contributed by atoms with Crippen molar-refractivity contribution in [3.63, 3.8) is 0 Å². The Balaban J connectivity index is 1.92. The van der Waals surface area contributed by atoms with Crippen LogP contribution < -0.4 is 20.1 Å². The number of hydrogen-bond donors (Lipinski definition) is 2. The van der Waals surface area contributed by atoms with Gasteiger partial charge in [0.1, 0.15) is 11.8 Å². The van der Waals surface area contributed by atoms with Crippen LogP contribution in [0.3, 0.4) is 0 Å². The highest BCUT2D eigenvalue weighted by molar-refractivity contribution is 6.31. The van der Waals surface area contributed by atoms with Crippen LogP contribution in [0.25, 0.3) is 0 Å². The minimum Gasteiger partial charge on any atom is -0.493 e. The van der Waals surface area contributed by atoms with Gasteiger partial charge in [0.05, 0.1) is 14.2 Å². The van der Waals surface area contributed by atoms with Crippen LogP contribution in [0.15, 0.2) is 53.1 Å². The molecule has 3 rings (SSSR count). The molecule has 3 aromatic rings. The fourth-order valence-corrected chi connectivity index (χ4v) is 4.50. The number of amides is 3. The normalized spacial score (nSPS) is 11.9. The SMILES string of the molecule is COc1ccc(CCN(C(=O)CCC(=O)Nc2cc(C)on2)[C@@H](C(=O)NC(C)(C)C)c2ccccc2Cl)cc1OC. The zero-order valence-corrected chi connectivity index (χ0v) is 25.0. The van der Waals surface area contributed by atoms with Crippen molar-refractivity contribution < 1.29 is 28.4 Å². The molecule has 1 atom stereocenters. The first-order valence-corrected chi connectivity index (χ1v) is 13.6. The lowest BCUT2D eigenvalue weighted by molar-refractivity contribution is -0.142. The van der Waals surface area contributed by atoms with Gasteiger partial charge in [-0.1, -0.05) is 41.0 Å². The Bertz CT molecular complexity index is 1370. The summed E-state index contributed by atoms with van der Waals surface area (Å²) in [6.07, 6.45) is 0.145. The lowest BCUT2D eigenvalue weighted by Gasteiger charge is -2.34. The van der Waals surface area contributed by atoms with Crippen LogP contribution in [0.5, 0.6) is 11.5 Å². The molecule has 2 aromatic carbocycles. The Morgan fingerprint density at radius 3 is 2.34 bits per heavy atom. The highest BCUT2D eigenvalue weighted by Crippen LogP contribution is 2.31. The lowest BCUT2D eigenvalue weighted by Crippen LogP contribution is -2.50. The quantitative estimate of drug-likeness (QED) is 0.303. The van der Waals surface area contributed by atoms with Gasteiger partial charge >= 0.3 is 0 Å². The fourth-order valence-electron chi connectivity index (χ4n) is 4.26. The van der Waals surface area contributed by atoms with Crippen molar-refractivity contribution >= 4 is 35.1 Å². The summed E-state index contributed by atoms with van der Waals surface area (Å²) in [5.74, 6) is 0.778. The van der Waals surface area contributed by atoms with Crippen LogP contribution in [-0.4, -0.2) is 54.1 Å². The average Bonchev–Trinajstić information content (AvgIpc) is 3.33. The maximum Gasteiger partial charge on any atom is 0.247 e. The molecule has 3 amide bonds. The summed E-state index contributed by atoms with van der Waals surface area (Å²) in [6.45, 7) is 7.47. The van der Waals surface area contributed by atoms with E-state index in [1.807, 2.05) is 32.9 Å². The molecule has 0 radical (unpaired) electrons. The number of aromatic nitrogens is 1. The van der Waals surface area contributed by atoms with Crippen molar-refractivity contribution in [2.75, 3.05) is 26.1 Å². The molecule has 1 aromatic heterocycles. The Morgan fingerprint density at radius 1 is 1.02 bits per heavy atom. The number of nitrogens with one attached hydrogen (secondary N) is 2. The molecule has 0 saturated heterocycles.